The normalized spacial score (nSPS) is 12.4. The molecule has 0 aliphatic heterocycles. The number of nitrogens with zero attached hydrogens (tertiary/aromatic N) is 2. The van der Waals surface area contributed by atoms with Gasteiger partial charge in [0.1, 0.15) is 16.3 Å². The average molecular weight is 380 g/mol. The van der Waals surface area contributed by atoms with Crippen molar-refractivity contribution in [2.45, 2.75) is 53.7 Å². The molecule has 0 bridgehead atoms. The van der Waals surface area contributed by atoms with Crippen LogP contribution in [0.2, 0.25) is 0 Å². The topological polar surface area (TPSA) is 87.5 Å². The molecule has 0 saturated heterocycles. The molecule has 0 aliphatic rings. The summed E-state index contributed by atoms with van der Waals surface area (Å²) in [6.07, 6.45) is 1.80. The van der Waals surface area contributed by atoms with Gasteiger partial charge >= 0.3 is 11.9 Å². The van der Waals surface area contributed by atoms with Gasteiger partial charge in [-0.1, -0.05) is 20.8 Å². The van der Waals surface area contributed by atoms with Crippen LogP contribution >= 0.6 is 11.3 Å². The first-order chi connectivity index (χ1) is 12.2. The van der Waals surface area contributed by atoms with E-state index in [4.69, 9.17) is 9.47 Å². The maximum Gasteiger partial charge on any atom is 0.348 e. The van der Waals surface area contributed by atoms with Crippen LogP contribution in [0.3, 0.4) is 0 Å². The number of ether oxygens (including phenoxy) is 2. The Morgan fingerprint density at radius 2 is 2.00 bits per heavy atom. The van der Waals surface area contributed by atoms with E-state index in [-0.39, 0.29) is 24.1 Å². The zero-order chi connectivity index (χ0) is 19.4. The van der Waals surface area contributed by atoms with Crippen molar-refractivity contribution in [3.63, 3.8) is 0 Å². The summed E-state index contributed by atoms with van der Waals surface area (Å²) in [6, 6.07) is 0. The van der Waals surface area contributed by atoms with E-state index in [1.807, 2.05) is 20.8 Å². The van der Waals surface area contributed by atoms with Crippen LogP contribution in [0.25, 0.3) is 10.2 Å². The molecule has 0 unspecified atom stereocenters. The number of carbonyl (C=O) groups excluding carboxylic acids is 2. The summed E-state index contributed by atoms with van der Waals surface area (Å²) in [5.41, 5.74) is 0.161. The number of hydrogen-bond acceptors (Lipinski definition) is 7. The lowest BCUT2D eigenvalue weighted by Gasteiger charge is -2.11. The molecule has 0 saturated carbocycles. The van der Waals surface area contributed by atoms with Crippen molar-refractivity contribution < 1.29 is 19.1 Å². The smallest absolute Gasteiger partial charge is 0.348 e. The van der Waals surface area contributed by atoms with Gasteiger partial charge in [-0.3, -0.25) is 14.2 Å². The third-order valence-electron chi connectivity index (χ3n) is 3.86. The predicted octanol–water partition coefficient (Wildman–Crippen LogP) is 2.92. The molecule has 142 valence electrons. The van der Waals surface area contributed by atoms with Crippen molar-refractivity contribution in [1.29, 1.82) is 0 Å². The zero-order valence-electron chi connectivity index (χ0n) is 15.7. The van der Waals surface area contributed by atoms with Gasteiger partial charge in [0.15, 0.2) is 0 Å². The van der Waals surface area contributed by atoms with E-state index in [1.165, 1.54) is 10.9 Å². The number of hydrogen-bond donors (Lipinski definition) is 0. The number of esters is 2. The first kappa shape index (κ1) is 20.1. The zero-order valence-corrected chi connectivity index (χ0v) is 16.5. The van der Waals surface area contributed by atoms with Gasteiger partial charge in [0.2, 0.25) is 0 Å². The summed E-state index contributed by atoms with van der Waals surface area (Å²) in [5, 5.41) is 0.338. The van der Waals surface area contributed by atoms with Crippen LogP contribution in [0.5, 0.6) is 0 Å². The summed E-state index contributed by atoms with van der Waals surface area (Å²) < 4.78 is 11.7. The van der Waals surface area contributed by atoms with Crippen LogP contribution in [-0.4, -0.2) is 34.2 Å². The standard InChI is InChI=1S/C18H24N2O5S/c1-6-11(4)25-13(21)7-20-9-19-16-14(17(20)22)12(5)15(26-16)18(23)24-8-10(2)3/h9-11H,6-8H2,1-5H3/t11-/m1/s1. The van der Waals surface area contributed by atoms with Crippen molar-refractivity contribution in [1.82, 2.24) is 9.55 Å². The molecule has 0 N–H and O–H groups in total. The summed E-state index contributed by atoms with van der Waals surface area (Å²) in [4.78, 5) is 41.9. The Morgan fingerprint density at radius 1 is 1.31 bits per heavy atom. The summed E-state index contributed by atoms with van der Waals surface area (Å²) in [7, 11) is 0. The minimum atomic E-state index is -0.493. The molecule has 0 fully saturated rings. The van der Waals surface area contributed by atoms with Crippen LogP contribution in [0, 0.1) is 12.8 Å². The van der Waals surface area contributed by atoms with E-state index in [9.17, 15) is 14.4 Å². The van der Waals surface area contributed by atoms with Crippen molar-refractivity contribution in [2.24, 2.45) is 5.92 Å². The number of aryl methyl sites for hydroxylation is 1. The molecule has 2 aromatic heterocycles. The van der Waals surface area contributed by atoms with Gasteiger partial charge in [-0.25, -0.2) is 9.78 Å². The Hall–Kier alpha value is -2.22. The van der Waals surface area contributed by atoms with E-state index in [0.29, 0.717) is 33.7 Å². The average Bonchev–Trinajstić information content (AvgIpc) is 2.92. The van der Waals surface area contributed by atoms with Crippen LogP contribution in [0.4, 0.5) is 0 Å². The van der Waals surface area contributed by atoms with Gasteiger partial charge in [0, 0.05) is 0 Å². The second-order valence-electron chi connectivity index (χ2n) is 6.61. The van der Waals surface area contributed by atoms with Crippen LogP contribution in [-0.2, 0) is 20.8 Å². The summed E-state index contributed by atoms with van der Waals surface area (Å²) in [5.74, 6) is -0.728. The van der Waals surface area contributed by atoms with Crippen LogP contribution in [0.1, 0.15) is 49.4 Å². The number of fused-ring (bicyclic) bond motifs is 1. The maximum atomic E-state index is 12.7. The van der Waals surface area contributed by atoms with Crippen molar-refractivity contribution >= 4 is 33.5 Å². The number of thiophene rings is 1. The van der Waals surface area contributed by atoms with Gasteiger partial charge in [-0.05, 0) is 31.7 Å². The molecule has 0 amide bonds. The first-order valence-electron chi connectivity index (χ1n) is 8.59. The van der Waals surface area contributed by atoms with Crippen LogP contribution in [0.15, 0.2) is 11.1 Å². The van der Waals surface area contributed by atoms with Crippen molar-refractivity contribution in [3.8, 4) is 0 Å². The monoisotopic (exact) mass is 380 g/mol. The lowest BCUT2D eigenvalue weighted by atomic mass is 10.2. The summed E-state index contributed by atoms with van der Waals surface area (Å²) >= 11 is 1.12. The molecular weight excluding hydrogens is 356 g/mol. The maximum absolute atomic E-state index is 12.7. The third kappa shape index (κ3) is 4.49. The molecule has 26 heavy (non-hydrogen) atoms. The SMILES string of the molecule is CC[C@@H](C)OC(=O)Cn1cnc2sc(C(=O)OCC(C)C)c(C)c2c1=O. The van der Waals surface area contributed by atoms with Gasteiger partial charge in [0.05, 0.1) is 24.4 Å². The van der Waals surface area contributed by atoms with Crippen molar-refractivity contribution in [2.75, 3.05) is 6.61 Å². The molecule has 2 aromatic rings. The Balaban J connectivity index is 2.31. The molecule has 2 heterocycles. The molecular formula is C18H24N2O5S. The second kappa shape index (κ2) is 8.44. The predicted molar refractivity (Wildman–Crippen MR) is 99.6 cm³/mol. The fraction of sp³-hybridized carbons (Fsp3) is 0.556. The number of rotatable bonds is 7. The van der Waals surface area contributed by atoms with Gasteiger partial charge in [-0.2, -0.15) is 0 Å². The molecule has 0 aromatic carbocycles. The van der Waals surface area contributed by atoms with Crippen LogP contribution < -0.4 is 5.56 Å². The lowest BCUT2D eigenvalue weighted by molar-refractivity contribution is -0.149. The van der Waals surface area contributed by atoms with Gasteiger partial charge in [-0.15, -0.1) is 11.3 Å². The van der Waals surface area contributed by atoms with E-state index < -0.39 is 11.9 Å². The molecule has 1 atom stereocenters. The highest BCUT2D eigenvalue weighted by Crippen LogP contribution is 2.27. The highest BCUT2D eigenvalue weighted by Gasteiger charge is 2.21. The molecule has 0 spiro atoms. The third-order valence-corrected chi connectivity index (χ3v) is 5.04. The largest absolute Gasteiger partial charge is 0.461 e. The van der Waals surface area contributed by atoms with E-state index in [0.717, 1.165) is 11.3 Å². The second-order valence-corrected chi connectivity index (χ2v) is 7.61. The fourth-order valence-corrected chi connectivity index (χ4v) is 3.29. The number of carbonyl (C=O) groups is 2. The molecule has 2 rings (SSSR count). The molecule has 8 heteroatoms. The van der Waals surface area contributed by atoms with Gasteiger partial charge in [0.25, 0.3) is 5.56 Å². The van der Waals surface area contributed by atoms with E-state index in [2.05, 4.69) is 4.98 Å². The fourth-order valence-electron chi connectivity index (χ4n) is 2.26. The van der Waals surface area contributed by atoms with E-state index in [1.54, 1.807) is 13.8 Å². The molecule has 0 aliphatic carbocycles. The minimum absolute atomic E-state index is 0.208. The van der Waals surface area contributed by atoms with Gasteiger partial charge < -0.3 is 9.47 Å². The quantitative estimate of drug-likeness (QED) is 0.687. The Morgan fingerprint density at radius 3 is 2.62 bits per heavy atom. The Labute approximate surface area is 155 Å². The molecule has 7 nitrogen and oxygen atoms in total. The minimum Gasteiger partial charge on any atom is -0.461 e. The lowest BCUT2D eigenvalue weighted by Crippen LogP contribution is -2.27. The summed E-state index contributed by atoms with van der Waals surface area (Å²) in [6.45, 7) is 9.38. The highest BCUT2D eigenvalue weighted by atomic mass is 32.1. The highest BCUT2D eigenvalue weighted by molar-refractivity contribution is 7.20. The first-order valence-corrected chi connectivity index (χ1v) is 9.41. The Kier molecular flexibility index (Phi) is 6.52. The van der Waals surface area contributed by atoms with Crippen molar-refractivity contribution in [3.05, 3.63) is 27.1 Å². The van der Waals surface area contributed by atoms with E-state index >= 15 is 0 Å². The molecule has 0 radical (unpaired) electrons. The number of aromatic nitrogens is 2. The Bertz CT molecular complexity index is 868.